The maximum Gasteiger partial charge on any atom is 0.283 e. The van der Waals surface area contributed by atoms with Crippen molar-refractivity contribution >= 4 is 34.6 Å². The highest BCUT2D eigenvalue weighted by Gasteiger charge is 2.32. The zero-order valence-corrected chi connectivity index (χ0v) is 21.2. The van der Waals surface area contributed by atoms with Gasteiger partial charge in [-0.15, -0.1) is 0 Å². The Labute approximate surface area is 210 Å². The molecule has 0 N–H and O–H groups in total. The van der Waals surface area contributed by atoms with Gasteiger partial charge in [0, 0.05) is 5.75 Å². The fraction of sp³-hybridized carbons (Fsp3) is 0.241. The van der Waals surface area contributed by atoms with E-state index in [0.717, 1.165) is 22.6 Å². The molecule has 0 saturated heterocycles. The van der Waals surface area contributed by atoms with Gasteiger partial charge in [-0.3, -0.25) is 9.69 Å². The van der Waals surface area contributed by atoms with Crippen molar-refractivity contribution in [3.63, 3.8) is 0 Å². The number of amides is 1. The van der Waals surface area contributed by atoms with Crippen LogP contribution in [-0.2, 0) is 16.0 Å². The zero-order chi connectivity index (χ0) is 24.6. The lowest BCUT2D eigenvalue weighted by molar-refractivity contribution is -0.113. The molecule has 5 rings (SSSR count). The standard InChI is InChI=1S/C29H28N2O3S/c1-19-5-12-23(13-6-19)31-27(32)24(15-21-9-14-25-26(16-21)34-18-33-25)30-28(31)35-17-20-7-10-22(11-8-20)29(2,3)4/h5-16H,17-18H2,1-4H3. The number of rotatable bonds is 4. The fourth-order valence-electron chi connectivity index (χ4n) is 3.92. The second-order valence-electron chi connectivity index (χ2n) is 9.75. The Morgan fingerprint density at radius 1 is 0.971 bits per heavy atom. The third kappa shape index (κ3) is 4.98. The molecule has 5 nitrogen and oxygen atoms in total. The molecule has 2 aliphatic rings. The Hall–Kier alpha value is -3.51. The van der Waals surface area contributed by atoms with Crippen LogP contribution in [0.15, 0.2) is 77.4 Å². The van der Waals surface area contributed by atoms with E-state index in [-0.39, 0.29) is 18.1 Å². The summed E-state index contributed by atoms with van der Waals surface area (Å²) in [6.45, 7) is 8.88. The molecule has 0 atom stereocenters. The van der Waals surface area contributed by atoms with E-state index >= 15 is 0 Å². The van der Waals surface area contributed by atoms with Crippen molar-refractivity contribution in [3.05, 3.63) is 94.7 Å². The minimum atomic E-state index is -0.142. The monoisotopic (exact) mass is 484 g/mol. The molecule has 2 heterocycles. The molecule has 0 radical (unpaired) electrons. The summed E-state index contributed by atoms with van der Waals surface area (Å²) in [5.41, 5.74) is 5.80. The van der Waals surface area contributed by atoms with E-state index < -0.39 is 0 Å². The fourth-order valence-corrected chi connectivity index (χ4v) is 4.89. The molecule has 0 unspecified atom stereocenters. The summed E-state index contributed by atoms with van der Waals surface area (Å²) in [6, 6.07) is 22.3. The van der Waals surface area contributed by atoms with E-state index in [9.17, 15) is 4.79 Å². The van der Waals surface area contributed by atoms with Gasteiger partial charge < -0.3 is 9.47 Å². The van der Waals surface area contributed by atoms with Crippen molar-refractivity contribution in [3.8, 4) is 11.5 Å². The summed E-state index contributed by atoms with van der Waals surface area (Å²) in [6.07, 6.45) is 1.80. The average molecular weight is 485 g/mol. The number of thioether (sulfide) groups is 1. The maximum absolute atomic E-state index is 13.5. The largest absolute Gasteiger partial charge is 0.454 e. The molecular weight excluding hydrogens is 456 g/mol. The third-order valence-electron chi connectivity index (χ3n) is 6.01. The second kappa shape index (κ2) is 9.27. The number of ether oxygens (including phenoxy) is 2. The van der Waals surface area contributed by atoms with Gasteiger partial charge in [0.1, 0.15) is 5.70 Å². The topological polar surface area (TPSA) is 51.1 Å². The van der Waals surface area contributed by atoms with Gasteiger partial charge in [0.25, 0.3) is 5.91 Å². The molecule has 0 saturated carbocycles. The molecule has 0 bridgehead atoms. The lowest BCUT2D eigenvalue weighted by Gasteiger charge is -2.20. The molecule has 35 heavy (non-hydrogen) atoms. The summed E-state index contributed by atoms with van der Waals surface area (Å²) in [7, 11) is 0. The number of carbonyl (C=O) groups excluding carboxylic acids is 1. The summed E-state index contributed by atoms with van der Waals surface area (Å²) in [5, 5.41) is 0.672. The van der Waals surface area contributed by atoms with E-state index in [4.69, 9.17) is 14.5 Å². The number of aliphatic imine (C=N–C) groups is 1. The smallest absolute Gasteiger partial charge is 0.283 e. The van der Waals surface area contributed by atoms with Crippen LogP contribution in [0, 0.1) is 6.92 Å². The zero-order valence-electron chi connectivity index (χ0n) is 20.4. The van der Waals surface area contributed by atoms with Gasteiger partial charge in [-0.2, -0.15) is 0 Å². The van der Waals surface area contributed by atoms with Crippen molar-refractivity contribution < 1.29 is 14.3 Å². The van der Waals surface area contributed by atoms with Crippen molar-refractivity contribution in [2.75, 3.05) is 11.7 Å². The minimum Gasteiger partial charge on any atom is -0.454 e. The van der Waals surface area contributed by atoms with E-state index in [1.54, 1.807) is 22.7 Å². The maximum atomic E-state index is 13.5. The van der Waals surface area contributed by atoms with E-state index in [0.29, 0.717) is 22.4 Å². The molecule has 2 aliphatic heterocycles. The van der Waals surface area contributed by atoms with Crippen LogP contribution in [0.1, 0.15) is 43.0 Å². The van der Waals surface area contributed by atoms with Crippen molar-refractivity contribution in [1.82, 2.24) is 0 Å². The molecule has 1 amide bonds. The normalized spacial score (nSPS) is 16.2. The number of anilines is 1. The minimum absolute atomic E-state index is 0.115. The lowest BCUT2D eigenvalue weighted by atomic mass is 9.87. The number of amidine groups is 1. The van der Waals surface area contributed by atoms with Crippen LogP contribution in [0.3, 0.4) is 0 Å². The number of hydrogen-bond acceptors (Lipinski definition) is 5. The number of hydrogen-bond donors (Lipinski definition) is 0. The Balaban J connectivity index is 1.43. The van der Waals surface area contributed by atoms with Gasteiger partial charge in [0.05, 0.1) is 5.69 Å². The molecule has 6 heteroatoms. The number of aryl methyl sites for hydroxylation is 1. The predicted octanol–water partition coefficient (Wildman–Crippen LogP) is 6.70. The highest BCUT2D eigenvalue weighted by Crippen LogP contribution is 2.35. The van der Waals surface area contributed by atoms with Crippen LogP contribution >= 0.6 is 11.8 Å². The number of nitrogens with zero attached hydrogens (tertiary/aromatic N) is 2. The highest BCUT2D eigenvalue weighted by molar-refractivity contribution is 8.13. The first kappa shape index (κ1) is 23.2. The Morgan fingerprint density at radius 3 is 2.40 bits per heavy atom. The van der Waals surface area contributed by atoms with Gasteiger partial charge in [-0.1, -0.05) is 80.6 Å². The van der Waals surface area contributed by atoms with Crippen LogP contribution < -0.4 is 14.4 Å². The van der Waals surface area contributed by atoms with Crippen LogP contribution in [0.25, 0.3) is 6.08 Å². The average Bonchev–Trinajstić information content (AvgIpc) is 3.42. The van der Waals surface area contributed by atoms with E-state index in [2.05, 4.69) is 45.0 Å². The van der Waals surface area contributed by atoms with Crippen LogP contribution in [-0.4, -0.2) is 17.9 Å². The number of benzene rings is 3. The lowest BCUT2D eigenvalue weighted by Crippen LogP contribution is -2.30. The van der Waals surface area contributed by atoms with Gasteiger partial charge in [-0.25, -0.2) is 4.99 Å². The van der Waals surface area contributed by atoms with Crippen molar-refractivity contribution in [2.24, 2.45) is 4.99 Å². The molecule has 3 aromatic carbocycles. The first-order valence-corrected chi connectivity index (χ1v) is 12.6. The van der Waals surface area contributed by atoms with E-state index in [1.165, 1.54) is 11.1 Å². The third-order valence-corrected chi connectivity index (χ3v) is 7.02. The molecule has 178 valence electrons. The van der Waals surface area contributed by atoms with Gasteiger partial charge in [0.2, 0.25) is 6.79 Å². The van der Waals surface area contributed by atoms with Gasteiger partial charge >= 0.3 is 0 Å². The van der Waals surface area contributed by atoms with Crippen LogP contribution in [0.5, 0.6) is 11.5 Å². The second-order valence-corrected chi connectivity index (χ2v) is 10.7. The first-order valence-electron chi connectivity index (χ1n) is 11.6. The number of carbonyl (C=O) groups is 1. The molecule has 0 spiro atoms. The van der Waals surface area contributed by atoms with Gasteiger partial charge in [0.15, 0.2) is 16.7 Å². The van der Waals surface area contributed by atoms with Crippen molar-refractivity contribution in [2.45, 2.75) is 38.9 Å². The molecule has 0 fully saturated rings. The summed E-state index contributed by atoms with van der Waals surface area (Å²) < 4.78 is 10.9. The highest BCUT2D eigenvalue weighted by atomic mass is 32.2. The molecular formula is C29H28N2O3S. The van der Waals surface area contributed by atoms with Crippen LogP contribution in [0.4, 0.5) is 5.69 Å². The van der Waals surface area contributed by atoms with Crippen molar-refractivity contribution in [1.29, 1.82) is 0 Å². The Morgan fingerprint density at radius 2 is 1.69 bits per heavy atom. The SMILES string of the molecule is Cc1ccc(N2C(=O)C(=Cc3ccc4c(c3)OCO4)N=C2SCc2ccc(C(C)(C)C)cc2)cc1. The van der Waals surface area contributed by atoms with E-state index in [1.807, 2.05) is 49.4 Å². The first-order chi connectivity index (χ1) is 16.8. The molecule has 0 aliphatic carbocycles. The summed E-state index contributed by atoms with van der Waals surface area (Å²) >= 11 is 1.57. The van der Waals surface area contributed by atoms with Crippen LogP contribution in [0.2, 0.25) is 0 Å². The summed E-state index contributed by atoms with van der Waals surface area (Å²) in [5.74, 6) is 1.97. The number of fused-ring (bicyclic) bond motifs is 1. The predicted molar refractivity (Wildman–Crippen MR) is 143 cm³/mol. The molecule has 0 aromatic heterocycles. The Bertz CT molecular complexity index is 1320. The Kier molecular flexibility index (Phi) is 6.15. The molecule has 3 aromatic rings. The van der Waals surface area contributed by atoms with Gasteiger partial charge in [-0.05, 0) is 59.4 Å². The quantitative estimate of drug-likeness (QED) is 0.387. The summed E-state index contributed by atoms with van der Waals surface area (Å²) in [4.78, 5) is 19.9.